The van der Waals surface area contributed by atoms with Crippen LogP contribution in [0.3, 0.4) is 0 Å². The minimum absolute atomic E-state index is 0.0452. The van der Waals surface area contributed by atoms with Gasteiger partial charge in [-0.25, -0.2) is 0 Å². The fourth-order valence-electron chi connectivity index (χ4n) is 5.58. The Balaban J connectivity index is 1.63. The molecule has 2 nitrogen and oxygen atoms in total. The monoisotopic (exact) mass is 525 g/mol. The van der Waals surface area contributed by atoms with E-state index in [1.807, 2.05) is 12.1 Å². The standard InChI is InChI=1S/C38H22O2/c1-2-10-24-21-25(18-17-23(24)9-1)35-26-11-3-5-13-28(26)36(29-14-6-4-12-27(29)35)31-22-39-33-19-20-34-37(38(31)33)30-15-7-8-16-32(30)40-34/h1-22H/i1D,2D,3D,4D,5D,6D,9D,10D,11D,12D,13D,14D,17D,18D,21D. The van der Waals surface area contributed by atoms with E-state index in [2.05, 4.69) is 0 Å². The largest absolute Gasteiger partial charge is 0.464 e. The third kappa shape index (κ3) is 2.93. The molecule has 0 saturated carbocycles. The smallest absolute Gasteiger partial charge is 0.136 e. The molecule has 0 aliphatic carbocycles. The first kappa shape index (κ1) is 11.8. The molecule has 2 heterocycles. The van der Waals surface area contributed by atoms with Gasteiger partial charge < -0.3 is 8.83 Å². The van der Waals surface area contributed by atoms with Gasteiger partial charge in [0.05, 0.1) is 26.8 Å². The average Bonchev–Trinajstić information content (AvgIpc) is 3.78. The summed E-state index contributed by atoms with van der Waals surface area (Å²) in [6.45, 7) is 0. The van der Waals surface area contributed by atoms with Gasteiger partial charge in [0.1, 0.15) is 16.7 Å². The maximum Gasteiger partial charge on any atom is 0.136 e. The Morgan fingerprint density at radius 2 is 1.15 bits per heavy atom. The summed E-state index contributed by atoms with van der Waals surface area (Å²) in [6, 6.07) is 0.296. The van der Waals surface area contributed by atoms with Gasteiger partial charge in [-0.05, 0) is 67.7 Å². The summed E-state index contributed by atoms with van der Waals surface area (Å²) in [5.41, 5.74) is 0.581. The molecular formula is C38H22O2. The number of furan rings is 2. The van der Waals surface area contributed by atoms with E-state index in [0.29, 0.717) is 32.9 Å². The van der Waals surface area contributed by atoms with Crippen molar-refractivity contribution in [3.63, 3.8) is 0 Å². The first-order chi connectivity index (χ1) is 26.1. The lowest BCUT2D eigenvalue weighted by molar-refractivity contribution is 0.616. The zero-order valence-corrected chi connectivity index (χ0v) is 20.4. The maximum absolute atomic E-state index is 9.40. The molecular weight excluding hydrogens is 488 g/mol. The number of benzene rings is 7. The third-order valence-corrected chi connectivity index (χ3v) is 7.22. The van der Waals surface area contributed by atoms with E-state index in [-0.39, 0.29) is 32.7 Å². The third-order valence-electron chi connectivity index (χ3n) is 7.22. The topological polar surface area (TPSA) is 26.3 Å². The SMILES string of the molecule is [2H]c1c([2H])c([2H])c2c([2H])c(-c3c4c([2H])c([2H])c([2H])c([2H])c4c(-c4coc5ccc6oc7ccccc7c6c45)c4c([2H])c([2H])c([2H])c([2H])c34)c([2H])c([2H])c2c1[2H]. The normalized spacial score (nSPS) is 17.2. The van der Waals surface area contributed by atoms with Crippen molar-refractivity contribution in [1.82, 2.24) is 0 Å². The lowest BCUT2D eigenvalue weighted by atomic mass is 9.85. The molecule has 0 spiro atoms. The molecule has 9 aromatic rings. The summed E-state index contributed by atoms with van der Waals surface area (Å²) in [5.74, 6) is 0. The molecule has 0 atom stereocenters. The number of fused-ring (bicyclic) bond motifs is 8. The van der Waals surface area contributed by atoms with Crippen molar-refractivity contribution in [2.24, 2.45) is 0 Å². The van der Waals surface area contributed by atoms with Crippen LogP contribution >= 0.6 is 0 Å². The number of rotatable bonds is 2. The fourth-order valence-corrected chi connectivity index (χ4v) is 5.58. The van der Waals surface area contributed by atoms with Crippen molar-refractivity contribution < 1.29 is 29.4 Å². The van der Waals surface area contributed by atoms with Crippen LogP contribution in [0.5, 0.6) is 0 Å². The molecule has 40 heavy (non-hydrogen) atoms. The Morgan fingerprint density at radius 1 is 0.500 bits per heavy atom. The van der Waals surface area contributed by atoms with Gasteiger partial charge in [-0.15, -0.1) is 0 Å². The number of hydrogen-bond acceptors (Lipinski definition) is 2. The second-order valence-electron chi connectivity index (χ2n) is 9.31. The number of para-hydroxylation sites is 1. The molecule has 0 saturated heterocycles. The minimum Gasteiger partial charge on any atom is -0.464 e. The highest BCUT2D eigenvalue weighted by Crippen LogP contribution is 2.48. The molecule has 0 unspecified atom stereocenters. The molecule has 0 bridgehead atoms. The van der Waals surface area contributed by atoms with Crippen LogP contribution in [-0.2, 0) is 0 Å². The van der Waals surface area contributed by atoms with E-state index < -0.39 is 113 Å². The van der Waals surface area contributed by atoms with E-state index in [4.69, 9.17) is 21.2 Å². The quantitative estimate of drug-likeness (QED) is 0.210. The molecule has 9 rings (SSSR count). The first-order valence-electron chi connectivity index (χ1n) is 19.9. The summed E-state index contributed by atoms with van der Waals surface area (Å²) < 4.78 is 146. The molecule has 0 amide bonds. The molecule has 2 heteroatoms. The Kier molecular flexibility index (Phi) is 2.39. The summed E-state index contributed by atoms with van der Waals surface area (Å²) in [7, 11) is 0. The van der Waals surface area contributed by atoms with E-state index in [1.165, 1.54) is 6.26 Å². The van der Waals surface area contributed by atoms with Gasteiger partial charge >= 0.3 is 0 Å². The molecule has 0 radical (unpaired) electrons. The second-order valence-corrected chi connectivity index (χ2v) is 9.31. The lowest BCUT2D eigenvalue weighted by Gasteiger charge is -2.17. The molecule has 7 aromatic carbocycles. The van der Waals surface area contributed by atoms with Gasteiger partial charge in [-0.2, -0.15) is 0 Å². The summed E-state index contributed by atoms with van der Waals surface area (Å²) >= 11 is 0. The zero-order chi connectivity index (χ0) is 39.3. The average molecular weight is 526 g/mol. The van der Waals surface area contributed by atoms with Gasteiger partial charge in [0.15, 0.2) is 0 Å². The van der Waals surface area contributed by atoms with Gasteiger partial charge in [-0.3, -0.25) is 0 Å². The van der Waals surface area contributed by atoms with Crippen LogP contribution in [-0.4, -0.2) is 0 Å². The van der Waals surface area contributed by atoms with E-state index in [0.717, 1.165) is 0 Å². The van der Waals surface area contributed by atoms with Gasteiger partial charge in [0, 0.05) is 27.3 Å². The highest BCUT2D eigenvalue weighted by atomic mass is 16.3. The van der Waals surface area contributed by atoms with Crippen molar-refractivity contribution in [2.75, 3.05) is 0 Å². The van der Waals surface area contributed by atoms with Gasteiger partial charge in [-0.1, -0.05) is 103 Å². The van der Waals surface area contributed by atoms with Crippen LogP contribution in [0.4, 0.5) is 0 Å². The van der Waals surface area contributed by atoms with Crippen molar-refractivity contribution in [3.8, 4) is 22.3 Å². The van der Waals surface area contributed by atoms with E-state index in [1.54, 1.807) is 24.3 Å². The summed E-state index contributed by atoms with van der Waals surface area (Å²) in [5, 5.41) is -0.302. The maximum atomic E-state index is 9.40. The molecule has 0 aliphatic rings. The second kappa shape index (κ2) is 8.08. The van der Waals surface area contributed by atoms with Crippen molar-refractivity contribution >= 4 is 65.2 Å². The minimum atomic E-state index is -0.752. The van der Waals surface area contributed by atoms with E-state index in [9.17, 15) is 8.22 Å². The summed E-state index contributed by atoms with van der Waals surface area (Å²) in [6.07, 6.45) is 1.34. The predicted octanol–water partition coefficient (Wildman–Crippen LogP) is 11.1. The lowest BCUT2D eigenvalue weighted by Crippen LogP contribution is -1.90. The van der Waals surface area contributed by atoms with Crippen molar-refractivity contribution in [1.29, 1.82) is 0 Å². The molecule has 0 fully saturated rings. The van der Waals surface area contributed by atoms with Crippen LogP contribution in [0.2, 0.25) is 0 Å². The summed E-state index contributed by atoms with van der Waals surface area (Å²) in [4.78, 5) is 0. The van der Waals surface area contributed by atoms with Crippen LogP contribution in [0.1, 0.15) is 20.6 Å². The predicted molar refractivity (Wildman–Crippen MR) is 167 cm³/mol. The van der Waals surface area contributed by atoms with Crippen LogP contribution in [0.15, 0.2) is 142 Å². The van der Waals surface area contributed by atoms with Crippen LogP contribution < -0.4 is 0 Å². The Bertz CT molecular complexity index is 3190. The van der Waals surface area contributed by atoms with Gasteiger partial charge in [0.2, 0.25) is 0 Å². The number of hydrogen-bond donors (Lipinski definition) is 0. The molecule has 0 N–H and O–H groups in total. The Morgan fingerprint density at radius 3 is 1.93 bits per heavy atom. The van der Waals surface area contributed by atoms with E-state index >= 15 is 0 Å². The molecule has 2 aromatic heterocycles. The fraction of sp³-hybridized carbons (Fsp3) is 0. The Labute approximate surface area is 250 Å². The van der Waals surface area contributed by atoms with Crippen LogP contribution in [0, 0.1) is 0 Å². The zero-order valence-electron chi connectivity index (χ0n) is 35.4. The highest BCUT2D eigenvalue weighted by molar-refractivity contribution is 6.28. The highest BCUT2D eigenvalue weighted by Gasteiger charge is 2.22. The first-order valence-corrected chi connectivity index (χ1v) is 12.4. The molecule has 186 valence electrons. The Hall–Kier alpha value is -5.34. The van der Waals surface area contributed by atoms with Gasteiger partial charge in [0.25, 0.3) is 0 Å². The molecule has 0 aliphatic heterocycles. The van der Waals surface area contributed by atoms with Crippen molar-refractivity contribution in [3.05, 3.63) is 133 Å². The van der Waals surface area contributed by atoms with Crippen LogP contribution in [0.25, 0.3) is 87.5 Å². The van der Waals surface area contributed by atoms with Crippen molar-refractivity contribution in [2.45, 2.75) is 0 Å².